The van der Waals surface area contributed by atoms with Gasteiger partial charge in [0.05, 0.1) is 16.8 Å². The number of piperazine rings is 1. The van der Waals surface area contributed by atoms with Crippen molar-refractivity contribution in [3.05, 3.63) is 34.4 Å². The van der Waals surface area contributed by atoms with Gasteiger partial charge in [-0.1, -0.05) is 0 Å². The Hall–Kier alpha value is -2.80. The van der Waals surface area contributed by atoms with Crippen LogP contribution in [-0.2, 0) is 21.9 Å². The van der Waals surface area contributed by atoms with E-state index in [0.717, 1.165) is 6.20 Å². The molecule has 0 spiro atoms. The highest BCUT2D eigenvalue weighted by atomic mass is 32.2. The van der Waals surface area contributed by atoms with Crippen molar-refractivity contribution in [2.45, 2.75) is 24.8 Å². The van der Waals surface area contributed by atoms with Gasteiger partial charge in [-0.25, -0.2) is 8.42 Å². The van der Waals surface area contributed by atoms with Crippen LogP contribution in [-0.4, -0.2) is 74.2 Å². The zero-order valence-electron chi connectivity index (χ0n) is 15.7. The van der Waals surface area contributed by atoms with E-state index < -0.39 is 21.0 Å². The second-order valence-corrected chi connectivity index (χ2v) is 8.47. The molecule has 0 N–H and O–H groups in total. The molecule has 0 saturated carbocycles. The Kier molecular flexibility index (Phi) is 5.21. The van der Waals surface area contributed by atoms with Crippen LogP contribution in [0.5, 0.6) is 0 Å². The van der Waals surface area contributed by atoms with Crippen molar-refractivity contribution < 1.29 is 18.1 Å². The van der Waals surface area contributed by atoms with E-state index in [1.807, 2.05) is 0 Å². The first-order valence-electron chi connectivity index (χ1n) is 8.59. The number of sulfonamides is 1. The number of aromatic nitrogens is 4. The summed E-state index contributed by atoms with van der Waals surface area (Å²) in [6.45, 7) is 4.06. The Labute approximate surface area is 161 Å². The second-order valence-electron chi connectivity index (χ2n) is 6.56. The van der Waals surface area contributed by atoms with Gasteiger partial charge in [-0.05, 0) is 13.8 Å². The molecule has 12 nitrogen and oxygen atoms in total. The summed E-state index contributed by atoms with van der Waals surface area (Å²) in [5.41, 5.74) is 0.356. The summed E-state index contributed by atoms with van der Waals surface area (Å²) in [6, 6.07) is -0.725. The van der Waals surface area contributed by atoms with Gasteiger partial charge >= 0.3 is 5.69 Å². The third kappa shape index (κ3) is 3.49. The first-order chi connectivity index (χ1) is 13.1. The number of rotatable bonds is 5. The van der Waals surface area contributed by atoms with Crippen LogP contribution in [0, 0.1) is 17.0 Å². The van der Waals surface area contributed by atoms with Gasteiger partial charge in [0.2, 0.25) is 15.9 Å². The van der Waals surface area contributed by atoms with E-state index in [0.29, 0.717) is 5.69 Å². The Morgan fingerprint density at radius 3 is 2.36 bits per heavy atom. The standard InChI is InChI=1S/C15H21N7O5S/c1-11-14(9-16-18(11)3)28(26,27)20-6-4-19(5-7-20)15(23)12(2)21-10-13(8-17-21)22(24)25/h8-10,12H,4-7H2,1-3H3. The molecular formula is C15H21N7O5S. The fourth-order valence-electron chi connectivity index (χ4n) is 3.03. The molecule has 3 heterocycles. The number of hydrogen-bond donors (Lipinski definition) is 0. The molecule has 0 radical (unpaired) electrons. The summed E-state index contributed by atoms with van der Waals surface area (Å²) in [5.74, 6) is -0.271. The number of hydrogen-bond acceptors (Lipinski definition) is 7. The minimum Gasteiger partial charge on any atom is -0.338 e. The van der Waals surface area contributed by atoms with E-state index in [9.17, 15) is 23.3 Å². The van der Waals surface area contributed by atoms with Crippen molar-refractivity contribution in [2.75, 3.05) is 26.2 Å². The van der Waals surface area contributed by atoms with Crippen LogP contribution in [0.15, 0.2) is 23.5 Å². The van der Waals surface area contributed by atoms with E-state index in [1.54, 1.807) is 25.8 Å². The summed E-state index contributed by atoms with van der Waals surface area (Å²) < 4.78 is 29.7. The normalized spacial score (nSPS) is 16.9. The smallest absolute Gasteiger partial charge is 0.307 e. The van der Waals surface area contributed by atoms with Gasteiger partial charge < -0.3 is 4.90 Å². The molecule has 1 atom stereocenters. The predicted molar refractivity (Wildman–Crippen MR) is 96.9 cm³/mol. The number of aryl methyl sites for hydroxylation is 1. The third-order valence-electron chi connectivity index (χ3n) is 4.91. The molecule has 1 fully saturated rings. The Morgan fingerprint density at radius 2 is 1.86 bits per heavy atom. The highest BCUT2D eigenvalue weighted by Crippen LogP contribution is 2.22. The summed E-state index contributed by atoms with van der Waals surface area (Å²) in [6.07, 6.45) is 3.62. The van der Waals surface area contributed by atoms with Crippen molar-refractivity contribution in [1.82, 2.24) is 28.8 Å². The largest absolute Gasteiger partial charge is 0.338 e. The maximum atomic E-state index is 12.8. The van der Waals surface area contributed by atoms with Crippen LogP contribution in [0.1, 0.15) is 18.7 Å². The molecular weight excluding hydrogens is 390 g/mol. The van der Waals surface area contributed by atoms with Crippen molar-refractivity contribution in [2.24, 2.45) is 7.05 Å². The van der Waals surface area contributed by atoms with Crippen LogP contribution < -0.4 is 0 Å². The van der Waals surface area contributed by atoms with Crippen molar-refractivity contribution >= 4 is 21.6 Å². The molecule has 1 aliphatic rings. The number of nitro groups is 1. The lowest BCUT2D eigenvalue weighted by atomic mass is 10.2. The lowest BCUT2D eigenvalue weighted by molar-refractivity contribution is -0.385. The summed E-state index contributed by atoms with van der Waals surface area (Å²) in [5, 5.41) is 18.6. The summed E-state index contributed by atoms with van der Waals surface area (Å²) in [4.78, 5) is 24.6. The fourth-order valence-corrected chi connectivity index (χ4v) is 4.64. The van der Waals surface area contributed by atoms with Crippen LogP contribution in [0.2, 0.25) is 0 Å². The van der Waals surface area contributed by atoms with Gasteiger partial charge in [0.1, 0.15) is 23.3 Å². The monoisotopic (exact) mass is 411 g/mol. The predicted octanol–water partition coefficient (Wildman–Crippen LogP) is -0.0727. The average Bonchev–Trinajstić information content (AvgIpc) is 3.29. The van der Waals surface area contributed by atoms with Gasteiger partial charge in [-0.2, -0.15) is 14.5 Å². The zero-order chi connectivity index (χ0) is 20.6. The lowest BCUT2D eigenvalue weighted by Gasteiger charge is -2.35. The molecule has 2 aromatic rings. The second kappa shape index (κ2) is 7.31. The fraction of sp³-hybridized carbons (Fsp3) is 0.533. The minimum atomic E-state index is -3.68. The molecule has 13 heteroatoms. The third-order valence-corrected chi connectivity index (χ3v) is 6.91. The van der Waals surface area contributed by atoms with Crippen molar-refractivity contribution in [3.8, 4) is 0 Å². The van der Waals surface area contributed by atoms with Crippen LogP contribution >= 0.6 is 0 Å². The van der Waals surface area contributed by atoms with Crippen LogP contribution in [0.25, 0.3) is 0 Å². The van der Waals surface area contributed by atoms with Gasteiger partial charge in [0.25, 0.3) is 0 Å². The van der Waals surface area contributed by atoms with Gasteiger partial charge in [0, 0.05) is 33.2 Å². The Balaban J connectivity index is 1.66. The van der Waals surface area contributed by atoms with Gasteiger partial charge in [0.15, 0.2) is 0 Å². The van der Waals surface area contributed by atoms with E-state index in [4.69, 9.17) is 0 Å². The quantitative estimate of drug-likeness (QED) is 0.496. The SMILES string of the molecule is Cc1c(S(=O)(=O)N2CCN(C(=O)C(C)n3cc([N+](=O)[O-])cn3)CC2)cnn1C. The Morgan fingerprint density at radius 1 is 1.21 bits per heavy atom. The molecule has 152 valence electrons. The van der Waals surface area contributed by atoms with Crippen molar-refractivity contribution in [1.29, 1.82) is 0 Å². The maximum Gasteiger partial charge on any atom is 0.307 e. The van der Waals surface area contributed by atoms with E-state index in [-0.39, 0.29) is 42.7 Å². The maximum absolute atomic E-state index is 12.8. The molecule has 1 amide bonds. The molecule has 1 unspecified atom stereocenters. The van der Waals surface area contributed by atoms with Gasteiger partial charge in [-0.15, -0.1) is 0 Å². The molecule has 1 saturated heterocycles. The first kappa shape index (κ1) is 19.9. The van der Waals surface area contributed by atoms with Crippen LogP contribution in [0.4, 0.5) is 5.69 Å². The molecule has 28 heavy (non-hydrogen) atoms. The van der Waals surface area contributed by atoms with Crippen molar-refractivity contribution in [3.63, 3.8) is 0 Å². The summed E-state index contributed by atoms with van der Waals surface area (Å²) >= 11 is 0. The lowest BCUT2D eigenvalue weighted by Crippen LogP contribution is -2.51. The number of nitrogens with zero attached hydrogens (tertiary/aromatic N) is 7. The first-order valence-corrected chi connectivity index (χ1v) is 10.0. The molecule has 2 aromatic heterocycles. The number of carbonyl (C=O) groups excluding carboxylic acids is 1. The molecule has 1 aliphatic heterocycles. The van der Waals surface area contributed by atoms with E-state index >= 15 is 0 Å². The number of carbonyl (C=O) groups is 1. The minimum absolute atomic E-state index is 0.159. The summed E-state index contributed by atoms with van der Waals surface area (Å²) in [7, 11) is -2.01. The topological polar surface area (TPSA) is 136 Å². The molecule has 0 aliphatic carbocycles. The zero-order valence-corrected chi connectivity index (χ0v) is 16.5. The number of amides is 1. The highest BCUT2D eigenvalue weighted by Gasteiger charge is 2.34. The van der Waals surface area contributed by atoms with Gasteiger partial charge in [-0.3, -0.25) is 24.3 Å². The highest BCUT2D eigenvalue weighted by molar-refractivity contribution is 7.89. The average molecular weight is 411 g/mol. The Bertz CT molecular complexity index is 1000. The molecule has 3 rings (SSSR count). The molecule has 0 bridgehead atoms. The van der Waals surface area contributed by atoms with E-state index in [2.05, 4.69) is 10.2 Å². The van der Waals surface area contributed by atoms with Crippen LogP contribution in [0.3, 0.4) is 0 Å². The molecule has 0 aromatic carbocycles. The van der Waals surface area contributed by atoms with E-state index in [1.165, 1.54) is 26.1 Å².